The first kappa shape index (κ1) is 29.2. The molecule has 5 heterocycles. The van der Waals surface area contributed by atoms with Gasteiger partial charge in [0.05, 0.1) is 24.5 Å². The fourth-order valence-corrected chi connectivity index (χ4v) is 5.31. The molecule has 0 radical (unpaired) electrons. The third-order valence-electron chi connectivity index (χ3n) is 7.38. The number of aromatic nitrogens is 6. The van der Waals surface area contributed by atoms with E-state index in [1.807, 2.05) is 23.1 Å². The van der Waals surface area contributed by atoms with Crippen LogP contribution in [0.3, 0.4) is 0 Å². The molecule has 0 unspecified atom stereocenters. The van der Waals surface area contributed by atoms with Gasteiger partial charge in [-0.1, -0.05) is 0 Å². The molecule has 4 aromatic rings. The van der Waals surface area contributed by atoms with Gasteiger partial charge < -0.3 is 15.2 Å². The number of H-pyrrole nitrogens is 1. The van der Waals surface area contributed by atoms with E-state index in [1.54, 1.807) is 18.1 Å². The number of nitriles is 1. The van der Waals surface area contributed by atoms with Gasteiger partial charge in [0.25, 0.3) is 5.91 Å². The molecule has 1 aliphatic rings. The summed E-state index contributed by atoms with van der Waals surface area (Å²) in [7, 11) is 1.63. The lowest BCUT2D eigenvalue weighted by atomic mass is 10.1. The molecule has 1 aliphatic heterocycles. The van der Waals surface area contributed by atoms with E-state index in [0.717, 1.165) is 34.8 Å². The summed E-state index contributed by atoms with van der Waals surface area (Å²) in [5, 5.41) is 17.4. The number of halogens is 3. The Morgan fingerprint density at radius 2 is 2.02 bits per heavy atom. The van der Waals surface area contributed by atoms with Crippen molar-refractivity contribution in [2.24, 2.45) is 0 Å². The number of unbranched alkanes of at least 4 members (excludes halogenated alkanes) is 1. The van der Waals surface area contributed by atoms with Crippen LogP contribution in [-0.2, 0) is 19.3 Å². The Balaban J connectivity index is 1.28. The summed E-state index contributed by atoms with van der Waals surface area (Å²) in [5.41, 5.74) is 1.44. The molecule has 11 nitrogen and oxygen atoms in total. The van der Waals surface area contributed by atoms with Crippen molar-refractivity contribution in [3.63, 3.8) is 0 Å². The number of pyridine rings is 1. The van der Waals surface area contributed by atoms with Crippen molar-refractivity contribution < 1.29 is 18.0 Å². The first-order valence-electron chi connectivity index (χ1n) is 13.7. The molecule has 0 spiro atoms. The van der Waals surface area contributed by atoms with Gasteiger partial charge in [-0.05, 0) is 43.7 Å². The standard InChI is InChI=1S/C28H31F3N10O/c1-33-14-19-12-23(38-24(13-19)28(29,30)31)27(42)40-10-8-39(9-11-40)21(4-2-3-6-32)17-41-16-20(15-37-41)25-22-5-7-34-26(22)36-18-35-25/h5,7,12-13,15-16,18,21,33H,2-4,8-11,14,17H2,1H3,(H,34,35,36)/t21-/m0/s1. The molecule has 2 N–H and O–H groups in total. The van der Waals surface area contributed by atoms with Gasteiger partial charge in [0, 0.05) is 68.5 Å². The van der Waals surface area contributed by atoms with Gasteiger partial charge in [0.2, 0.25) is 0 Å². The highest BCUT2D eigenvalue weighted by Crippen LogP contribution is 2.29. The van der Waals surface area contributed by atoms with E-state index in [-0.39, 0.29) is 18.3 Å². The number of nitrogens with zero attached hydrogens (tertiary/aromatic N) is 8. The molecule has 1 amide bonds. The Morgan fingerprint density at radius 3 is 2.76 bits per heavy atom. The van der Waals surface area contributed by atoms with Gasteiger partial charge in [-0.15, -0.1) is 0 Å². The summed E-state index contributed by atoms with van der Waals surface area (Å²) in [6, 6.07) is 6.55. The van der Waals surface area contributed by atoms with E-state index in [2.05, 4.69) is 41.3 Å². The fourth-order valence-electron chi connectivity index (χ4n) is 5.31. The SMILES string of the molecule is CNCc1cc(C(=O)N2CCN([C@@H](CCCC#N)Cn3cc(-c4ncnc5[nH]ccc45)cn3)CC2)nc(C(F)(F)F)c1. The van der Waals surface area contributed by atoms with Crippen LogP contribution in [-0.4, -0.2) is 84.7 Å². The second-order valence-electron chi connectivity index (χ2n) is 10.2. The van der Waals surface area contributed by atoms with Crippen molar-refractivity contribution in [3.8, 4) is 17.3 Å². The zero-order valence-electron chi connectivity index (χ0n) is 23.1. The summed E-state index contributed by atoms with van der Waals surface area (Å²) in [5.74, 6) is -0.517. The molecule has 42 heavy (non-hydrogen) atoms. The Labute approximate surface area is 240 Å². The van der Waals surface area contributed by atoms with Gasteiger partial charge in [0.15, 0.2) is 0 Å². The van der Waals surface area contributed by atoms with E-state index < -0.39 is 17.8 Å². The molecular weight excluding hydrogens is 549 g/mol. The van der Waals surface area contributed by atoms with Crippen LogP contribution in [0.5, 0.6) is 0 Å². The topological polar surface area (TPSA) is 132 Å². The number of alkyl halides is 3. The second-order valence-corrected chi connectivity index (χ2v) is 10.2. The highest BCUT2D eigenvalue weighted by Gasteiger charge is 2.35. The van der Waals surface area contributed by atoms with Crippen molar-refractivity contribution >= 4 is 16.9 Å². The monoisotopic (exact) mass is 580 g/mol. The number of hydrogen-bond acceptors (Lipinski definition) is 8. The minimum atomic E-state index is -4.65. The Kier molecular flexibility index (Phi) is 8.79. The van der Waals surface area contributed by atoms with Crippen LogP contribution in [0.15, 0.2) is 43.1 Å². The molecular formula is C28H31F3N10O. The lowest BCUT2D eigenvalue weighted by molar-refractivity contribution is -0.141. The molecule has 0 aromatic carbocycles. The summed E-state index contributed by atoms with van der Waals surface area (Å²) in [4.78, 5) is 32.4. The van der Waals surface area contributed by atoms with Crippen molar-refractivity contribution in [3.05, 3.63) is 60.1 Å². The minimum absolute atomic E-state index is 0.0509. The zero-order valence-corrected chi connectivity index (χ0v) is 23.1. The molecule has 0 saturated carbocycles. The summed E-state index contributed by atoms with van der Waals surface area (Å²) < 4.78 is 42.2. The Bertz CT molecular complexity index is 1570. The lowest BCUT2D eigenvalue weighted by Gasteiger charge is -2.39. The molecule has 220 valence electrons. The number of fused-ring (bicyclic) bond motifs is 1. The number of piperazine rings is 1. The van der Waals surface area contributed by atoms with E-state index in [9.17, 15) is 18.0 Å². The highest BCUT2D eigenvalue weighted by atomic mass is 19.4. The van der Waals surface area contributed by atoms with Crippen LogP contribution in [0, 0.1) is 11.3 Å². The van der Waals surface area contributed by atoms with Crippen LogP contribution >= 0.6 is 0 Å². The maximum Gasteiger partial charge on any atom is 0.433 e. The quantitative estimate of drug-likeness (QED) is 0.273. The predicted molar refractivity (Wildman–Crippen MR) is 148 cm³/mol. The number of hydrogen-bond donors (Lipinski definition) is 2. The average Bonchev–Trinajstić information content (AvgIpc) is 3.66. The molecule has 0 bridgehead atoms. The normalized spacial score (nSPS) is 15.2. The van der Waals surface area contributed by atoms with Crippen LogP contribution in [0.4, 0.5) is 13.2 Å². The fraction of sp³-hybridized carbons (Fsp3) is 0.429. The van der Waals surface area contributed by atoms with Crippen molar-refractivity contribution in [2.75, 3.05) is 33.2 Å². The smallest absolute Gasteiger partial charge is 0.346 e. The van der Waals surface area contributed by atoms with Crippen molar-refractivity contribution in [1.82, 2.24) is 44.8 Å². The van der Waals surface area contributed by atoms with Crippen LogP contribution in [0.1, 0.15) is 41.0 Å². The summed E-state index contributed by atoms with van der Waals surface area (Å²) >= 11 is 0. The van der Waals surface area contributed by atoms with Gasteiger partial charge >= 0.3 is 6.18 Å². The summed E-state index contributed by atoms with van der Waals surface area (Å²) in [6.45, 7) is 2.54. The number of carbonyl (C=O) groups is 1. The molecule has 1 fully saturated rings. The molecule has 5 rings (SSSR count). The molecule has 1 saturated heterocycles. The number of carbonyl (C=O) groups excluding carboxylic acids is 1. The van der Waals surface area contributed by atoms with Crippen LogP contribution in [0.25, 0.3) is 22.3 Å². The maximum absolute atomic E-state index is 13.4. The van der Waals surface area contributed by atoms with E-state index in [0.29, 0.717) is 51.1 Å². The third kappa shape index (κ3) is 6.58. The van der Waals surface area contributed by atoms with Gasteiger partial charge in [-0.2, -0.15) is 23.5 Å². The number of nitrogens with one attached hydrogen (secondary N) is 2. The van der Waals surface area contributed by atoms with Crippen molar-refractivity contribution in [1.29, 1.82) is 5.26 Å². The largest absolute Gasteiger partial charge is 0.433 e. The Hall–Kier alpha value is -4.35. The first-order valence-corrected chi connectivity index (χ1v) is 13.7. The predicted octanol–water partition coefficient (Wildman–Crippen LogP) is 3.48. The lowest BCUT2D eigenvalue weighted by Crippen LogP contribution is -2.53. The van der Waals surface area contributed by atoms with Crippen LogP contribution in [0.2, 0.25) is 0 Å². The molecule has 4 aromatic heterocycles. The number of rotatable bonds is 10. The number of amides is 1. The highest BCUT2D eigenvalue weighted by molar-refractivity contribution is 5.92. The average molecular weight is 581 g/mol. The Morgan fingerprint density at radius 1 is 1.21 bits per heavy atom. The first-order chi connectivity index (χ1) is 20.3. The van der Waals surface area contributed by atoms with Gasteiger partial charge in [-0.3, -0.25) is 14.4 Å². The molecule has 1 atom stereocenters. The number of aromatic amines is 1. The van der Waals surface area contributed by atoms with Crippen molar-refractivity contribution in [2.45, 2.75) is 44.6 Å². The molecule has 0 aliphatic carbocycles. The zero-order chi connectivity index (χ0) is 29.7. The van der Waals surface area contributed by atoms with E-state index in [1.165, 1.54) is 12.4 Å². The van der Waals surface area contributed by atoms with E-state index >= 15 is 0 Å². The summed E-state index contributed by atoms with van der Waals surface area (Å²) in [6.07, 6.45) is 4.28. The van der Waals surface area contributed by atoms with Crippen LogP contribution < -0.4 is 5.32 Å². The minimum Gasteiger partial charge on any atom is -0.346 e. The third-order valence-corrected chi connectivity index (χ3v) is 7.38. The van der Waals surface area contributed by atoms with E-state index in [4.69, 9.17) is 5.26 Å². The van der Waals surface area contributed by atoms with Gasteiger partial charge in [-0.25, -0.2) is 15.0 Å². The maximum atomic E-state index is 13.4. The second kappa shape index (κ2) is 12.7. The molecule has 14 heteroatoms. The van der Waals surface area contributed by atoms with Gasteiger partial charge in [0.1, 0.15) is 23.4 Å².